The van der Waals surface area contributed by atoms with Crippen LogP contribution in [-0.4, -0.2) is 48.3 Å². The van der Waals surface area contributed by atoms with Gasteiger partial charge >= 0.3 is 41.7 Å². The van der Waals surface area contributed by atoms with Gasteiger partial charge in [-0.2, -0.15) is 13.2 Å². The molecule has 0 aromatic rings. The van der Waals surface area contributed by atoms with Crippen LogP contribution in [0.2, 0.25) is 0 Å². The molecule has 0 amide bonds. The summed E-state index contributed by atoms with van der Waals surface area (Å²) in [5.74, 6) is -2.08. The molecule has 0 radical (unpaired) electrons. The molecule has 0 aliphatic rings. The van der Waals surface area contributed by atoms with Crippen molar-refractivity contribution in [1.82, 2.24) is 0 Å². The van der Waals surface area contributed by atoms with Crippen molar-refractivity contribution in [3.05, 3.63) is 0 Å². The first kappa shape index (κ1) is 22.5. The van der Waals surface area contributed by atoms with Gasteiger partial charge in [-0.15, -0.1) is 0 Å². The molecule has 2 nitrogen and oxygen atoms in total. The summed E-state index contributed by atoms with van der Waals surface area (Å²) in [5, 5.41) is 0. The zero-order valence-electron chi connectivity index (χ0n) is 11.7. The zero-order valence-corrected chi connectivity index (χ0v) is 11.7. The van der Waals surface area contributed by atoms with E-state index in [1.54, 1.807) is 0 Å². The maximum absolute atomic E-state index is 11.8. The van der Waals surface area contributed by atoms with Crippen LogP contribution < -0.4 is 0 Å². The van der Waals surface area contributed by atoms with Crippen molar-refractivity contribution in [2.45, 2.75) is 77.3 Å². The van der Waals surface area contributed by atoms with Crippen LogP contribution in [0, 0.1) is 0 Å². The third kappa shape index (κ3) is 14.7. The Balaban J connectivity index is 0. The van der Waals surface area contributed by atoms with E-state index in [2.05, 4.69) is 11.7 Å². The number of ether oxygens (including phenoxy) is 1. The van der Waals surface area contributed by atoms with E-state index >= 15 is 0 Å². The minimum absolute atomic E-state index is 0. The molecule has 6 heteroatoms. The third-order valence-electron chi connectivity index (χ3n) is 2.96. The van der Waals surface area contributed by atoms with Crippen LogP contribution >= 0.6 is 0 Å². The standard InChI is InChI=1S/C14H25F3O2.Na.H/c1-2-3-4-5-6-7-8-9-10-11-12-19-13(18)14(15,16)17;;/h2-12H2,1H3;;. The first-order valence-electron chi connectivity index (χ1n) is 7.22. The molecule has 0 unspecified atom stereocenters. The molecule has 0 atom stereocenters. The van der Waals surface area contributed by atoms with Gasteiger partial charge in [0.25, 0.3) is 0 Å². The topological polar surface area (TPSA) is 26.3 Å². The third-order valence-corrected chi connectivity index (χ3v) is 2.96. The molecule has 0 saturated heterocycles. The summed E-state index contributed by atoms with van der Waals surface area (Å²) in [4.78, 5) is 10.4. The van der Waals surface area contributed by atoms with Gasteiger partial charge in [0.15, 0.2) is 0 Å². The fraction of sp³-hybridized carbons (Fsp3) is 0.929. The van der Waals surface area contributed by atoms with Crippen LogP contribution in [0.15, 0.2) is 0 Å². The Morgan fingerprint density at radius 1 is 0.850 bits per heavy atom. The van der Waals surface area contributed by atoms with Gasteiger partial charge in [-0.1, -0.05) is 64.7 Å². The molecular weight excluding hydrogens is 280 g/mol. The van der Waals surface area contributed by atoms with E-state index in [1.807, 2.05) is 0 Å². The number of carbonyl (C=O) groups is 1. The van der Waals surface area contributed by atoms with Crippen LogP contribution in [0.1, 0.15) is 71.1 Å². The molecule has 0 rings (SSSR count). The molecule has 0 saturated carbocycles. The van der Waals surface area contributed by atoms with Gasteiger partial charge in [0.1, 0.15) is 0 Å². The number of esters is 1. The van der Waals surface area contributed by atoms with Gasteiger partial charge in [0.05, 0.1) is 6.61 Å². The number of rotatable bonds is 11. The Kier molecular flexibility index (Phi) is 16.0. The fourth-order valence-electron chi connectivity index (χ4n) is 1.84. The fourth-order valence-corrected chi connectivity index (χ4v) is 1.84. The molecular formula is C14H26F3NaO2. The molecule has 0 aromatic heterocycles. The number of carbonyl (C=O) groups excluding carboxylic acids is 1. The van der Waals surface area contributed by atoms with E-state index < -0.39 is 12.1 Å². The Hall–Kier alpha value is 0.260. The van der Waals surface area contributed by atoms with Crippen LogP contribution in [0.4, 0.5) is 13.2 Å². The van der Waals surface area contributed by atoms with E-state index in [1.165, 1.54) is 38.5 Å². The normalized spacial score (nSPS) is 11.0. The maximum atomic E-state index is 11.8. The van der Waals surface area contributed by atoms with E-state index in [4.69, 9.17) is 0 Å². The minimum atomic E-state index is -4.86. The van der Waals surface area contributed by atoms with E-state index in [0.29, 0.717) is 6.42 Å². The summed E-state index contributed by atoms with van der Waals surface area (Å²) in [6.45, 7) is 2.06. The molecule has 0 N–H and O–H groups in total. The van der Waals surface area contributed by atoms with Gasteiger partial charge in [-0.05, 0) is 6.42 Å². The summed E-state index contributed by atoms with van der Waals surface area (Å²) >= 11 is 0. The number of halogens is 3. The number of alkyl halides is 3. The van der Waals surface area contributed by atoms with E-state index in [-0.39, 0.29) is 36.2 Å². The monoisotopic (exact) mass is 306 g/mol. The molecule has 0 heterocycles. The average Bonchev–Trinajstić information content (AvgIpc) is 2.34. The van der Waals surface area contributed by atoms with Crippen LogP contribution in [-0.2, 0) is 9.53 Å². The predicted octanol–water partition coefficient (Wildman–Crippen LogP) is 4.36. The molecule has 0 spiro atoms. The van der Waals surface area contributed by atoms with Gasteiger partial charge in [-0.3, -0.25) is 0 Å². The zero-order chi connectivity index (χ0) is 14.6. The SMILES string of the molecule is CCCCCCCCCCCCOC(=O)C(F)(F)F.[NaH]. The molecule has 0 aliphatic carbocycles. The summed E-state index contributed by atoms with van der Waals surface area (Å²) in [6, 6.07) is 0. The second kappa shape index (κ2) is 14.2. The molecule has 116 valence electrons. The van der Waals surface area contributed by atoms with E-state index in [0.717, 1.165) is 19.3 Å². The Labute approximate surface area is 142 Å². The van der Waals surface area contributed by atoms with Gasteiger partial charge in [-0.25, -0.2) is 4.79 Å². The molecule has 0 aromatic carbocycles. The van der Waals surface area contributed by atoms with Gasteiger partial charge in [0, 0.05) is 0 Å². The molecule has 0 fully saturated rings. The van der Waals surface area contributed by atoms with Gasteiger partial charge < -0.3 is 4.74 Å². The summed E-state index contributed by atoms with van der Waals surface area (Å²) in [6.07, 6.45) is 6.12. The summed E-state index contributed by atoms with van der Waals surface area (Å²) in [7, 11) is 0. The number of unbranched alkanes of at least 4 members (excludes halogenated alkanes) is 9. The van der Waals surface area contributed by atoms with Crippen molar-refractivity contribution < 1.29 is 22.7 Å². The Bertz CT molecular complexity index is 233. The van der Waals surface area contributed by atoms with Crippen molar-refractivity contribution in [2.24, 2.45) is 0 Å². The Morgan fingerprint density at radius 2 is 1.25 bits per heavy atom. The van der Waals surface area contributed by atoms with Gasteiger partial charge in [0.2, 0.25) is 0 Å². The van der Waals surface area contributed by atoms with Crippen molar-refractivity contribution in [3.63, 3.8) is 0 Å². The Morgan fingerprint density at radius 3 is 1.65 bits per heavy atom. The molecule has 0 bridgehead atoms. The van der Waals surface area contributed by atoms with Crippen molar-refractivity contribution >= 4 is 35.5 Å². The number of hydrogen-bond acceptors (Lipinski definition) is 2. The van der Waals surface area contributed by atoms with Crippen molar-refractivity contribution in [2.75, 3.05) is 6.61 Å². The molecule has 20 heavy (non-hydrogen) atoms. The quantitative estimate of drug-likeness (QED) is 0.322. The predicted molar refractivity (Wildman–Crippen MR) is 76.0 cm³/mol. The summed E-state index contributed by atoms with van der Waals surface area (Å²) < 4.78 is 39.4. The second-order valence-electron chi connectivity index (χ2n) is 4.82. The summed E-state index contributed by atoms with van der Waals surface area (Å²) in [5.41, 5.74) is 0. The molecule has 0 aliphatic heterocycles. The van der Waals surface area contributed by atoms with Crippen LogP contribution in [0.25, 0.3) is 0 Å². The second-order valence-corrected chi connectivity index (χ2v) is 4.82. The van der Waals surface area contributed by atoms with E-state index in [9.17, 15) is 18.0 Å². The average molecular weight is 306 g/mol. The van der Waals surface area contributed by atoms with Crippen LogP contribution in [0.5, 0.6) is 0 Å². The van der Waals surface area contributed by atoms with Crippen molar-refractivity contribution in [1.29, 1.82) is 0 Å². The van der Waals surface area contributed by atoms with Crippen LogP contribution in [0.3, 0.4) is 0 Å². The first-order chi connectivity index (χ1) is 8.98. The number of hydrogen-bond donors (Lipinski definition) is 0. The van der Waals surface area contributed by atoms with Crippen molar-refractivity contribution in [3.8, 4) is 0 Å². The first-order valence-corrected chi connectivity index (χ1v) is 7.22.